The average Bonchev–Trinajstić information content (AvgIpc) is 2.49. The average molecular weight is 280 g/mol. The minimum absolute atomic E-state index is 0.0933. The first-order chi connectivity index (χ1) is 9.85. The van der Waals surface area contributed by atoms with Crippen molar-refractivity contribution in [2.75, 3.05) is 43.5 Å². The molecule has 0 bridgehead atoms. The van der Waals surface area contributed by atoms with Crippen LogP contribution >= 0.6 is 0 Å². The van der Waals surface area contributed by atoms with Crippen LogP contribution in [0.25, 0.3) is 0 Å². The van der Waals surface area contributed by atoms with Crippen LogP contribution < -0.4 is 10.6 Å². The predicted octanol–water partition coefficient (Wildman–Crippen LogP) is 1.69. The van der Waals surface area contributed by atoms with Gasteiger partial charge in [-0.2, -0.15) is 0 Å². The molecular weight excluding hydrogens is 256 g/mol. The van der Waals surface area contributed by atoms with Gasteiger partial charge in [-0.05, 0) is 13.3 Å². The van der Waals surface area contributed by atoms with Gasteiger partial charge in [0.1, 0.15) is 18.0 Å². The summed E-state index contributed by atoms with van der Waals surface area (Å²) in [6.07, 6.45) is 3.70. The van der Waals surface area contributed by atoms with Crippen LogP contribution in [0.15, 0.2) is 6.33 Å². The Balaban J connectivity index is 2.02. The molecule has 2 heterocycles. The maximum Gasteiger partial charge on any atom is 0.134 e. The van der Waals surface area contributed by atoms with Gasteiger partial charge in [-0.15, -0.1) is 0 Å². The number of ether oxygens (including phenoxy) is 2. The van der Waals surface area contributed by atoms with Crippen molar-refractivity contribution in [1.82, 2.24) is 9.97 Å². The van der Waals surface area contributed by atoms with E-state index in [4.69, 9.17) is 9.47 Å². The van der Waals surface area contributed by atoms with E-state index in [0.717, 1.165) is 36.6 Å². The van der Waals surface area contributed by atoms with E-state index in [1.165, 1.54) is 0 Å². The second kappa shape index (κ2) is 8.01. The molecule has 1 fully saturated rings. The molecule has 2 N–H and O–H groups in total. The second-order valence-electron chi connectivity index (χ2n) is 4.78. The molecule has 1 aliphatic rings. The van der Waals surface area contributed by atoms with Gasteiger partial charge in [0.05, 0.1) is 25.9 Å². The van der Waals surface area contributed by atoms with Gasteiger partial charge in [-0.3, -0.25) is 0 Å². The quantitative estimate of drug-likeness (QED) is 0.792. The Morgan fingerprint density at radius 1 is 1.20 bits per heavy atom. The van der Waals surface area contributed by atoms with Crippen molar-refractivity contribution in [3.63, 3.8) is 0 Å². The number of rotatable bonds is 7. The molecule has 0 spiro atoms. The normalized spacial score (nSPS) is 18.8. The van der Waals surface area contributed by atoms with Crippen molar-refractivity contribution in [2.24, 2.45) is 0 Å². The molecule has 2 rings (SSSR count). The molecule has 1 atom stereocenters. The predicted molar refractivity (Wildman–Crippen MR) is 79.2 cm³/mol. The summed E-state index contributed by atoms with van der Waals surface area (Å²) in [5.41, 5.74) is 1.15. The zero-order valence-electron chi connectivity index (χ0n) is 12.3. The van der Waals surface area contributed by atoms with Gasteiger partial charge in [-0.1, -0.05) is 13.3 Å². The van der Waals surface area contributed by atoms with Crippen molar-refractivity contribution in [2.45, 2.75) is 32.8 Å². The second-order valence-corrected chi connectivity index (χ2v) is 4.78. The topological polar surface area (TPSA) is 68.3 Å². The molecule has 0 aliphatic carbocycles. The van der Waals surface area contributed by atoms with Crippen molar-refractivity contribution in [1.29, 1.82) is 0 Å². The van der Waals surface area contributed by atoms with E-state index in [2.05, 4.69) is 34.4 Å². The summed E-state index contributed by atoms with van der Waals surface area (Å²) < 4.78 is 11.0. The zero-order valence-corrected chi connectivity index (χ0v) is 12.3. The number of aromatic nitrogens is 2. The molecule has 1 aromatic rings. The van der Waals surface area contributed by atoms with E-state index in [9.17, 15) is 0 Å². The molecule has 1 saturated heterocycles. The summed E-state index contributed by atoms with van der Waals surface area (Å²) >= 11 is 0. The lowest BCUT2D eigenvalue weighted by atomic mass is 10.1. The summed E-state index contributed by atoms with van der Waals surface area (Å²) in [6.45, 7) is 7.78. The first-order valence-corrected chi connectivity index (χ1v) is 7.36. The molecule has 1 aromatic heterocycles. The highest BCUT2D eigenvalue weighted by molar-refractivity contribution is 5.57. The van der Waals surface area contributed by atoms with Crippen LogP contribution in [0.3, 0.4) is 0 Å². The number of hydrogen-bond acceptors (Lipinski definition) is 6. The summed E-state index contributed by atoms with van der Waals surface area (Å²) in [5, 5.41) is 6.66. The van der Waals surface area contributed by atoms with Gasteiger partial charge in [0.25, 0.3) is 0 Å². The summed E-state index contributed by atoms with van der Waals surface area (Å²) in [5.74, 6) is 1.82. The van der Waals surface area contributed by atoms with Crippen molar-refractivity contribution in [3.05, 3.63) is 11.9 Å². The van der Waals surface area contributed by atoms with Gasteiger partial charge in [0.2, 0.25) is 0 Å². The standard InChI is InChI=1S/C14H24N4O2/c1-3-5-12-13(15-4-2)17-10-18-14(12)16-8-11-9-19-6-7-20-11/h10-11H,3-9H2,1-2H3,(H2,15,16,17,18). The van der Waals surface area contributed by atoms with Crippen molar-refractivity contribution < 1.29 is 9.47 Å². The first kappa shape index (κ1) is 15.0. The van der Waals surface area contributed by atoms with E-state index >= 15 is 0 Å². The number of anilines is 2. The number of nitrogens with zero attached hydrogens (tertiary/aromatic N) is 2. The Morgan fingerprint density at radius 3 is 2.65 bits per heavy atom. The molecule has 6 heteroatoms. The Morgan fingerprint density at radius 2 is 2.00 bits per heavy atom. The third-order valence-corrected chi connectivity index (χ3v) is 3.17. The summed E-state index contributed by atoms with van der Waals surface area (Å²) in [4.78, 5) is 8.69. The van der Waals surface area contributed by atoms with Crippen LogP contribution in [-0.4, -0.2) is 49.0 Å². The Bertz CT molecular complexity index is 408. The molecular formula is C14H24N4O2. The maximum absolute atomic E-state index is 5.63. The Kier molecular flexibility index (Phi) is 6.01. The van der Waals surface area contributed by atoms with E-state index < -0.39 is 0 Å². The maximum atomic E-state index is 5.63. The molecule has 112 valence electrons. The molecule has 20 heavy (non-hydrogen) atoms. The van der Waals surface area contributed by atoms with Gasteiger partial charge in [0, 0.05) is 18.7 Å². The molecule has 0 aromatic carbocycles. The highest BCUT2D eigenvalue weighted by Gasteiger charge is 2.16. The zero-order chi connectivity index (χ0) is 14.2. The van der Waals surface area contributed by atoms with Gasteiger partial charge in [0.15, 0.2) is 0 Å². The van der Waals surface area contributed by atoms with Crippen molar-refractivity contribution in [3.8, 4) is 0 Å². The molecule has 0 saturated carbocycles. The number of nitrogens with one attached hydrogen (secondary N) is 2. The van der Waals surface area contributed by atoms with Gasteiger partial charge < -0.3 is 20.1 Å². The molecule has 6 nitrogen and oxygen atoms in total. The molecule has 1 aliphatic heterocycles. The monoisotopic (exact) mass is 280 g/mol. The lowest BCUT2D eigenvalue weighted by molar-refractivity contribution is -0.0819. The van der Waals surface area contributed by atoms with Gasteiger partial charge in [-0.25, -0.2) is 9.97 Å². The lowest BCUT2D eigenvalue weighted by Crippen LogP contribution is -2.34. The minimum Gasteiger partial charge on any atom is -0.376 e. The van der Waals surface area contributed by atoms with Crippen molar-refractivity contribution >= 4 is 11.6 Å². The van der Waals surface area contributed by atoms with E-state index in [0.29, 0.717) is 26.4 Å². The van der Waals surface area contributed by atoms with Crippen LogP contribution in [-0.2, 0) is 15.9 Å². The van der Waals surface area contributed by atoms with E-state index in [1.807, 2.05) is 0 Å². The molecule has 0 amide bonds. The van der Waals surface area contributed by atoms with Crippen LogP contribution in [0.1, 0.15) is 25.8 Å². The van der Waals surface area contributed by atoms with Gasteiger partial charge >= 0.3 is 0 Å². The van der Waals surface area contributed by atoms with E-state index in [-0.39, 0.29) is 6.10 Å². The fourth-order valence-corrected chi connectivity index (χ4v) is 2.24. The highest BCUT2D eigenvalue weighted by Crippen LogP contribution is 2.21. The van der Waals surface area contributed by atoms with Crippen LogP contribution in [0.5, 0.6) is 0 Å². The summed E-state index contributed by atoms with van der Waals surface area (Å²) in [7, 11) is 0. The molecule has 0 radical (unpaired) electrons. The van der Waals surface area contributed by atoms with Crippen LogP contribution in [0, 0.1) is 0 Å². The highest BCUT2D eigenvalue weighted by atomic mass is 16.6. The first-order valence-electron chi connectivity index (χ1n) is 7.36. The Hall–Kier alpha value is -1.40. The largest absolute Gasteiger partial charge is 0.376 e. The third kappa shape index (κ3) is 4.05. The summed E-state index contributed by atoms with van der Waals surface area (Å²) in [6, 6.07) is 0. The van der Waals surface area contributed by atoms with Crippen LogP contribution in [0.2, 0.25) is 0 Å². The lowest BCUT2D eigenvalue weighted by Gasteiger charge is -2.24. The fourth-order valence-electron chi connectivity index (χ4n) is 2.24. The smallest absolute Gasteiger partial charge is 0.134 e. The minimum atomic E-state index is 0.0933. The SMILES string of the molecule is CCCc1c(NCC)ncnc1NCC1COCCO1. The van der Waals surface area contributed by atoms with Crippen LogP contribution in [0.4, 0.5) is 11.6 Å². The molecule has 1 unspecified atom stereocenters. The fraction of sp³-hybridized carbons (Fsp3) is 0.714. The Labute approximate surface area is 120 Å². The third-order valence-electron chi connectivity index (χ3n) is 3.17. The number of hydrogen-bond donors (Lipinski definition) is 2. The van der Waals surface area contributed by atoms with E-state index in [1.54, 1.807) is 6.33 Å².